The Hall–Kier alpha value is -7.16. The minimum Gasteiger partial charge on any atom is -0.334 e. The molecule has 12 rings (SSSR count). The summed E-state index contributed by atoms with van der Waals surface area (Å²) >= 11 is 0. The maximum atomic E-state index is 2.56. The Balaban J connectivity index is 0.962. The number of hydrogen-bond acceptors (Lipinski definition) is 1. The lowest BCUT2D eigenvalue weighted by Crippen LogP contribution is -2.30. The van der Waals surface area contributed by atoms with Crippen LogP contribution in [-0.4, -0.2) is 10.6 Å². The van der Waals surface area contributed by atoms with Crippen molar-refractivity contribution in [3.8, 4) is 39.1 Å². The molecule has 0 fully saturated rings. The molecule has 2 heteroatoms. The lowest BCUT2D eigenvalue weighted by Gasteiger charge is -2.34. The number of nitrogens with zero attached hydrogens (tertiary/aromatic N) is 2. The summed E-state index contributed by atoms with van der Waals surface area (Å²) in [6.07, 6.45) is 8.04. The Bertz CT molecular complexity index is 3270. The number of anilines is 2. The summed E-state index contributed by atoms with van der Waals surface area (Å²) < 4.78 is 2.49. The standard InChI is InChI=1S/C60H48N2/c1-59(2)51-20-11-8-17-46(51)47-35-29-42(37-53(47)59)41-27-32-44(33-28-41)61(43-30-25-40(26-31-43)39-15-6-5-7-16-39)45-34-36-50-54(38-45)60(3,4)52-21-14-24-57(58(50)52)62-55-22-12-9-18-48(55)49-19-10-13-23-56(49)62/h5-30,32-38,43H,31H2,1-4H3. The van der Waals surface area contributed by atoms with Crippen LogP contribution in [-0.2, 0) is 10.8 Å². The monoisotopic (exact) mass is 796 g/mol. The fourth-order valence-corrected chi connectivity index (χ4v) is 11.2. The van der Waals surface area contributed by atoms with Crippen LogP contribution in [0.5, 0.6) is 0 Å². The molecule has 0 bridgehead atoms. The number of hydrogen-bond donors (Lipinski definition) is 0. The van der Waals surface area contributed by atoms with Gasteiger partial charge in [-0.3, -0.25) is 0 Å². The second kappa shape index (κ2) is 13.7. The minimum atomic E-state index is -0.200. The first-order valence-electron chi connectivity index (χ1n) is 22.1. The first-order chi connectivity index (χ1) is 30.3. The molecule has 1 atom stereocenters. The summed E-state index contributed by atoms with van der Waals surface area (Å²) in [4.78, 5) is 2.56. The zero-order valence-electron chi connectivity index (χ0n) is 35.7. The van der Waals surface area contributed by atoms with E-state index in [1.165, 1.54) is 106 Å². The highest BCUT2D eigenvalue weighted by atomic mass is 15.2. The molecule has 9 aromatic rings. The lowest BCUT2D eigenvalue weighted by molar-refractivity contribution is 0.659. The smallest absolute Gasteiger partial charge is 0.0560 e. The van der Waals surface area contributed by atoms with Crippen LogP contribution in [0, 0.1) is 0 Å². The summed E-state index contributed by atoms with van der Waals surface area (Å²) in [5.74, 6) is 0. The molecule has 2 nitrogen and oxygen atoms in total. The number of rotatable bonds is 6. The average Bonchev–Trinajstić information content (AvgIpc) is 3.86. The molecule has 0 spiro atoms. The Kier molecular flexibility index (Phi) is 8.09. The van der Waals surface area contributed by atoms with Crippen LogP contribution in [0.15, 0.2) is 200 Å². The molecule has 3 aliphatic rings. The average molecular weight is 797 g/mol. The van der Waals surface area contributed by atoms with Crippen LogP contribution in [0.2, 0.25) is 0 Å². The van der Waals surface area contributed by atoms with E-state index in [9.17, 15) is 0 Å². The van der Waals surface area contributed by atoms with E-state index in [4.69, 9.17) is 0 Å². The quantitative estimate of drug-likeness (QED) is 0.163. The number of allylic oxidation sites excluding steroid dienone is 2. The fraction of sp³-hybridized carbons (Fsp3) is 0.133. The largest absolute Gasteiger partial charge is 0.334 e. The molecule has 1 unspecified atom stereocenters. The summed E-state index contributed by atoms with van der Waals surface area (Å²) in [6.45, 7) is 9.53. The molecule has 1 heterocycles. The number of fused-ring (bicyclic) bond motifs is 9. The summed E-state index contributed by atoms with van der Waals surface area (Å²) in [5, 5.41) is 2.57. The zero-order valence-corrected chi connectivity index (χ0v) is 35.7. The molecule has 0 amide bonds. The van der Waals surface area contributed by atoms with Gasteiger partial charge < -0.3 is 9.47 Å². The van der Waals surface area contributed by atoms with Crippen molar-refractivity contribution in [1.29, 1.82) is 0 Å². The summed E-state index contributed by atoms with van der Waals surface area (Å²) in [5.41, 5.74) is 21.8. The molecule has 0 saturated carbocycles. The van der Waals surface area contributed by atoms with E-state index in [1.54, 1.807) is 0 Å². The van der Waals surface area contributed by atoms with Crippen LogP contribution in [0.25, 0.3) is 66.4 Å². The second-order valence-corrected chi connectivity index (χ2v) is 18.5. The molecule has 8 aromatic carbocycles. The van der Waals surface area contributed by atoms with Gasteiger partial charge in [-0.05, 0) is 116 Å². The van der Waals surface area contributed by atoms with Crippen molar-refractivity contribution in [2.24, 2.45) is 0 Å². The van der Waals surface area contributed by atoms with E-state index in [-0.39, 0.29) is 16.9 Å². The third-order valence-corrected chi connectivity index (χ3v) is 14.3. The van der Waals surface area contributed by atoms with Crippen LogP contribution in [0.3, 0.4) is 0 Å². The SMILES string of the molecule is CC1(C)c2ccccc2-c2ccc(-c3ccc(N(c4ccc5c(c4)C(C)(C)c4cccc(-n6c7ccccc7c7ccccc76)c4-5)C4C=CC(c5ccccc5)=CC4)cc3)cc21. The minimum absolute atomic E-state index is 0.0384. The zero-order chi connectivity index (χ0) is 41.7. The molecule has 62 heavy (non-hydrogen) atoms. The van der Waals surface area contributed by atoms with Gasteiger partial charge in [-0.25, -0.2) is 0 Å². The predicted molar refractivity (Wildman–Crippen MR) is 262 cm³/mol. The van der Waals surface area contributed by atoms with E-state index < -0.39 is 0 Å². The van der Waals surface area contributed by atoms with Gasteiger partial charge in [-0.15, -0.1) is 0 Å². The van der Waals surface area contributed by atoms with Crippen molar-refractivity contribution in [3.63, 3.8) is 0 Å². The van der Waals surface area contributed by atoms with Crippen molar-refractivity contribution >= 4 is 38.8 Å². The van der Waals surface area contributed by atoms with Crippen LogP contribution in [0.1, 0.15) is 61.9 Å². The van der Waals surface area contributed by atoms with Crippen molar-refractivity contribution in [3.05, 3.63) is 228 Å². The molecule has 0 N–H and O–H groups in total. The van der Waals surface area contributed by atoms with Gasteiger partial charge in [0.25, 0.3) is 0 Å². The Morgan fingerprint density at radius 3 is 1.81 bits per heavy atom. The van der Waals surface area contributed by atoms with Gasteiger partial charge in [0, 0.05) is 38.5 Å². The first kappa shape index (κ1) is 36.7. The molecule has 0 saturated heterocycles. The molecule has 3 aliphatic carbocycles. The van der Waals surface area contributed by atoms with Gasteiger partial charge in [-0.2, -0.15) is 0 Å². The first-order valence-corrected chi connectivity index (χ1v) is 22.1. The van der Waals surface area contributed by atoms with Gasteiger partial charge in [0.1, 0.15) is 0 Å². The highest BCUT2D eigenvalue weighted by Crippen LogP contribution is 2.54. The highest BCUT2D eigenvalue weighted by Gasteiger charge is 2.39. The predicted octanol–water partition coefficient (Wildman–Crippen LogP) is 15.6. The fourth-order valence-electron chi connectivity index (χ4n) is 11.2. The molecular formula is C60H48N2. The van der Waals surface area contributed by atoms with Crippen LogP contribution >= 0.6 is 0 Å². The molecular weight excluding hydrogens is 749 g/mol. The summed E-state index contributed by atoms with van der Waals surface area (Å²) in [7, 11) is 0. The Labute approximate surface area is 364 Å². The topological polar surface area (TPSA) is 8.17 Å². The third kappa shape index (κ3) is 5.42. The molecule has 0 radical (unpaired) electrons. The maximum absolute atomic E-state index is 2.56. The third-order valence-electron chi connectivity index (χ3n) is 14.3. The molecule has 1 aromatic heterocycles. The van der Waals surface area contributed by atoms with Gasteiger partial charge in [0.2, 0.25) is 0 Å². The van der Waals surface area contributed by atoms with Crippen molar-refractivity contribution in [1.82, 2.24) is 4.57 Å². The van der Waals surface area contributed by atoms with E-state index in [0.717, 1.165) is 6.42 Å². The van der Waals surface area contributed by atoms with Crippen LogP contribution < -0.4 is 4.90 Å². The number of para-hydroxylation sites is 2. The molecule has 0 aliphatic heterocycles. The number of benzene rings is 8. The molecule has 298 valence electrons. The van der Waals surface area contributed by atoms with Gasteiger partial charge in [-0.1, -0.05) is 179 Å². The highest BCUT2D eigenvalue weighted by molar-refractivity contribution is 6.10. The van der Waals surface area contributed by atoms with Gasteiger partial charge >= 0.3 is 0 Å². The van der Waals surface area contributed by atoms with E-state index in [2.05, 4.69) is 237 Å². The van der Waals surface area contributed by atoms with Crippen molar-refractivity contribution < 1.29 is 0 Å². The van der Waals surface area contributed by atoms with Crippen molar-refractivity contribution in [2.45, 2.75) is 51.0 Å². The maximum Gasteiger partial charge on any atom is 0.0560 e. The normalized spacial score (nSPS) is 16.5. The Morgan fingerprint density at radius 2 is 1.06 bits per heavy atom. The van der Waals surface area contributed by atoms with E-state index in [1.807, 2.05) is 0 Å². The van der Waals surface area contributed by atoms with Gasteiger partial charge in [0.05, 0.1) is 22.8 Å². The summed E-state index contributed by atoms with van der Waals surface area (Å²) in [6, 6.07) is 68.0. The van der Waals surface area contributed by atoms with E-state index in [0.29, 0.717) is 0 Å². The second-order valence-electron chi connectivity index (χ2n) is 18.5. The van der Waals surface area contributed by atoms with Gasteiger partial charge in [0.15, 0.2) is 0 Å². The van der Waals surface area contributed by atoms with Crippen molar-refractivity contribution in [2.75, 3.05) is 4.90 Å². The Morgan fingerprint density at radius 1 is 0.468 bits per heavy atom. The number of aromatic nitrogens is 1. The lowest BCUT2D eigenvalue weighted by atomic mass is 9.81. The van der Waals surface area contributed by atoms with Crippen LogP contribution in [0.4, 0.5) is 11.4 Å². The van der Waals surface area contributed by atoms with E-state index >= 15 is 0 Å².